The van der Waals surface area contributed by atoms with Crippen LogP contribution in [0.1, 0.15) is 12.1 Å². The van der Waals surface area contributed by atoms with Gasteiger partial charge in [-0.1, -0.05) is 0 Å². The number of pyridine rings is 1. The molecule has 0 bridgehead atoms. The predicted molar refractivity (Wildman–Crippen MR) is 53.2 cm³/mol. The Labute approximate surface area is 80.6 Å². The maximum absolute atomic E-state index is 11.1. The largest absolute Gasteiger partial charge is 0.379 e. The molecule has 0 aromatic carbocycles. The van der Waals surface area contributed by atoms with Crippen LogP contribution in [0.2, 0.25) is 0 Å². The van der Waals surface area contributed by atoms with E-state index in [9.17, 15) is 9.90 Å². The third kappa shape index (κ3) is 1.52. The topological polar surface area (TPSA) is 65.5 Å². The average Bonchev–Trinajstić information content (AvgIpc) is 2.19. The predicted octanol–water partition coefficient (Wildman–Crippen LogP) is 0.551. The molecule has 0 aliphatic carbocycles. The summed E-state index contributed by atoms with van der Waals surface area (Å²) in [6, 6.07) is 2.80. The van der Waals surface area contributed by atoms with Gasteiger partial charge in [-0.2, -0.15) is 0 Å². The fraction of sp³-hybridized carbons (Fsp3) is 0.200. The van der Waals surface area contributed by atoms with Crippen LogP contribution in [0.3, 0.4) is 0 Å². The van der Waals surface area contributed by atoms with Gasteiger partial charge in [0, 0.05) is 37.2 Å². The van der Waals surface area contributed by atoms with E-state index in [2.05, 4.69) is 9.98 Å². The third-order valence-electron chi connectivity index (χ3n) is 2.18. The van der Waals surface area contributed by atoms with Crippen molar-refractivity contribution >= 4 is 6.21 Å². The van der Waals surface area contributed by atoms with Crippen molar-refractivity contribution in [3.8, 4) is 0 Å². The van der Waals surface area contributed by atoms with Crippen molar-refractivity contribution in [1.82, 2.24) is 4.98 Å². The minimum absolute atomic E-state index is 0.122. The van der Waals surface area contributed by atoms with Gasteiger partial charge in [-0.15, -0.1) is 0 Å². The Morgan fingerprint density at radius 2 is 2.43 bits per heavy atom. The molecule has 0 radical (unpaired) electrons. The fourth-order valence-electron chi connectivity index (χ4n) is 1.38. The van der Waals surface area contributed by atoms with E-state index < -0.39 is 5.60 Å². The number of aliphatic imine (C=N–C) groups is 1. The quantitative estimate of drug-likeness (QED) is 0.679. The van der Waals surface area contributed by atoms with Crippen LogP contribution in [0.5, 0.6) is 0 Å². The van der Waals surface area contributed by atoms with Gasteiger partial charge in [0.25, 0.3) is 0 Å². The Hall–Kier alpha value is -1.68. The monoisotopic (exact) mass is 190 g/mol. The number of aliphatic hydroxyl groups is 1. The van der Waals surface area contributed by atoms with E-state index in [0.717, 1.165) is 0 Å². The molecule has 0 saturated carbocycles. The molecule has 1 aromatic heterocycles. The van der Waals surface area contributed by atoms with Crippen LogP contribution in [0.4, 0.5) is 0 Å². The van der Waals surface area contributed by atoms with Crippen molar-refractivity contribution in [2.75, 3.05) is 0 Å². The first-order valence-electron chi connectivity index (χ1n) is 4.32. The first kappa shape index (κ1) is 8.90. The lowest BCUT2D eigenvalue weighted by atomic mass is 9.94. The number of nitrogens with zero attached hydrogens (tertiary/aromatic N) is 1. The van der Waals surface area contributed by atoms with Gasteiger partial charge in [-0.3, -0.25) is 9.79 Å². The standard InChI is InChI=1S/C10H10N2O2/c13-8-1-4-12-9(7-8)10(14)2-5-11-6-3-10/h1-2,4-7,14H,3H2,(H,12,13)/t10-/m1/s1. The minimum Gasteiger partial charge on any atom is -0.379 e. The van der Waals surface area contributed by atoms with Crippen LogP contribution >= 0.6 is 0 Å². The zero-order valence-corrected chi connectivity index (χ0v) is 7.47. The lowest BCUT2D eigenvalue weighted by molar-refractivity contribution is 0.0925. The van der Waals surface area contributed by atoms with Crippen molar-refractivity contribution < 1.29 is 5.11 Å². The summed E-state index contributed by atoms with van der Waals surface area (Å²) in [5.74, 6) is 0. The number of hydrogen-bond acceptors (Lipinski definition) is 3. The van der Waals surface area contributed by atoms with E-state index in [-0.39, 0.29) is 5.43 Å². The van der Waals surface area contributed by atoms with Crippen molar-refractivity contribution in [1.29, 1.82) is 0 Å². The zero-order valence-electron chi connectivity index (χ0n) is 7.47. The smallest absolute Gasteiger partial charge is 0.181 e. The second kappa shape index (κ2) is 3.23. The molecule has 0 unspecified atom stereocenters. The highest BCUT2D eigenvalue weighted by molar-refractivity contribution is 5.62. The molecule has 0 fully saturated rings. The Morgan fingerprint density at radius 3 is 3.07 bits per heavy atom. The van der Waals surface area contributed by atoms with Crippen molar-refractivity contribution in [2.24, 2.45) is 4.99 Å². The molecule has 0 saturated heterocycles. The molecular weight excluding hydrogens is 180 g/mol. The lowest BCUT2D eigenvalue weighted by Gasteiger charge is -2.23. The summed E-state index contributed by atoms with van der Waals surface area (Å²) < 4.78 is 0. The highest BCUT2D eigenvalue weighted by atomic mass is 16.3. The summed E-state index contributed by atoms with van der Waals surface area (Å²) in [5, 5.41) is 10.1. The molecule has 1 aliphatic rings. The summed E-state index contributed by atoms with van der Waals surface area (Å²) in [7, 11) is 0. The van der Waals surface area contributed by atoms with E-state index in [1.807, 2.05) is 0 Å². The highest BCUT2D eigenvalue weighted by Crippen LogP contribution is 2.24. The Kier molecular flexibility index (Phi) is 2.05. The van der Waals surface area contributed by atoms with E-state index >= 15 is 0 Å². The maximum atomic E-state index is 11.1. The SMILES string of the molecule is O=c1cc[nH]c([C@@]2(O)C=CN=CC2)c1. The first-order chi connectivity index (χ1) is 6.71. The van der Waals surface area contributed by atoms with E-state index in [0.29, 0.717) is 12.1 Å². The van der Waals surface area contributed by atoms with Gasteiger partial charge < -0.3 is 10.1 Å². The normalized spacial score (nSPS) is 25.2. The van der Waals surface area contributed by atoms with Gasteiger partial charge in [0.2, 0.25) is 0 Å². The summed E-state index contributed by atoms with van der Waals surface area (Å²) in [6.07, 6.45) is 6.61. The van der Waals surface area contributed by atoms with Crippen molar-refractivity contribution in [3.63, 3.8) is 0 Å². The molecule has 1 aromatic rings. The van der Waals surface area contributed by atoms with Crippen LogP contribution < -0.4 is 5.43 Å². The number of H-pyrrole nitrogens is 1. The summed E-state index contributed by atoms with van der Waals surface area (Å²) in [6.45, 7) is 0. The van der Waals surface area contributed by atoms with Crippen LogP contribution in [-0.2, 0) is 5.60 Å². The number of aromatic nitrogens is 1. The molecule has 1 atom stereocenters. The van der Waals surface area contributed by atoms with Crippen LogP contribution in [0.15, 0.2) is 40.4 Å². The van der Waals surface area contributed by atoms with Gasteiger partial charge in [0.1, 0.15) is 5.60 Å². The molecule has 0 spiro atoms. The number of aromatic amines is 1. The minimum atomic E-state index is -1.12. The van der Waals surface area contributed by atoms with Crippen molar-refractivity contribution in [2.45, 2.75) is 12.0 Å². The van der Waals surface area contributed by atoms with Gasteiger partial charge in [-0.05, 0) is 6.08 Å². The Bertz CT molecular complexity index is 447. The first-order valence-corrected chi connectivity index (χ1v) is 4.32. The van der Waals surface area contributed by atoms with Crippen molar-refractivity contribution in [3.05, 3.63) is 46.5 Å². The van der Waals surface area contributed by atoms with E-state index in [1.165, 1.54) is 24.5 Å². The lowest BCUT2D eigenvalue weighted by Crippen LogP contribution is -2.27. The molecule has 2 N–H and O–H groups in total. The molecule has 4 heteroatoms. The summed E-state index contributed by atoms with van der Waals surface area (Å²) in [5.41, 5.74) is -0.752. The van der Waals surface area contributed by atoms with E-state index in [4.69, 9.17) is 0 Å². The van der Waals surface area contributed by atoms with Gasteiger partial charge >= 0.3 is 0 Å². The second-order valence-electron chi connectivity index (χ2n) is 3.21. The number of rotatable bonds is 1. The van der Waals surface area contributed by atoms with Gasteiger partial charge in [0.15, 0.2) is 5.43 Å². The number of nitrogens with one attached hydrogen (secondary N) is 1. The molecule has 0 amide bonds. The van der Waals surface area contributed by atoms with Gasteiger partial charge in [0.05, 0.1) is 5.69 Å². The van der Waals surface area contributed by atoms with Crippen LogP contribution in [-0.4, -0.2) is 16.3 Å². The third-order valence-corrected chi connectivity index (χ3v) is 2.18. The molecule has 2 heterocycles. The molecule has 14 heavy (non-hydrogen) atoms. The summed E-state index contributed by atoms with van der Waals surface area (Å²) >= 11 is 0. The summed E-state index contributed by atoms with van der Waals surface area (Å²) in [4.78, 5) is 17.8. The Morgan fingerprint density at radius 1 is 1.57 bits per heavy atom. The molecule has 2 rings (SSSR count). The van der Waals surface area contributed by atoms with E-state index in [1.54, 1.807) is 12.3 Å². The molecule has 72 valence electrons. The maximum Gasteiger partial charge on any atom is 0.181 e. The fourth-order valence-corrected chi connectivity index (χ4v) is 1.38. The number of hydrogen-bond donors (Lipinski definition) is 2. The second-order valence-corrected chi connectivity index (χ2v) is 3.21. The molecular formula is C10H10N2O2. The van der Waals surface area contributed by atoms with Gasteiger partial charge in [-0.25, -0.2) is 0 Å². The zero-order chi connectivity index (χ0) is 10.0. The van der Waals surface area contributed by atoms with Crippen LogP contribution in [0, 0.1) is 0 Å². The molecule has 4 nitrogen and oxygen atoms in total. The Balaban J connectivity index is 2.44. The average molecular weight is 190 g/mol. The molecule has 1 aliphatic heterocycles. The highest BCUT2D eigenvalue weighted by Gasteiger charge is 2.27. The van der Waals surface area contributed by atoms with Crippen LogP contribution in [0.25, 0.3) is 0 Å².